The molecule has 0 unspecified atom stereocenters. The summed E-state index contributed by atoms with van der Waals surface area (Å²) in [6.45, 7) is 0. The number of nitrogens with zero attached hydrogens (tertiary/aromatic N) is 2. The molecule has 0 saturated carbocycles. The lowest BCUT2D eigenvalue weighted by molar-refractivity contribution is 0.772. The molecule has 69 heavy (non-hydrogen) atoms. The van der Waals surface area contributed by atoms with Gasteiger partial charge >= 0.3 is 0 Å². The van der Waals surface area contributed by atoms with Crippen molar-refractivity contribution < 1.29 is 0 Å². The van der Waals surface area contributed by atoms with Crippen LogP contribution in [0.5, 0.6) is 0 Å². The van der Waals surface area contributed by atoms with Crippen LogP contribution in [0.3, 0.4) is 0 Å². The Bertz CT molecular complexity index is 4070. The van der Waals surface area contributed by atoms with Crippen LogP contribution in [0.1, 0.15) is 22.3 Å². The van der Waals surface area contributed by atoms with Crippen LogP contribution in [0.15, 0.2) is 267 Å². The molecule has 322 valence electrons. The molecule has 0 bridgehead atoms. The van der Waals surface area contributed by atoms with Gasteiger partial charge in [-0.3, -0.25) is 0 Å². The second-order valence-electron chi connectivity index (χ2n) is 18.4. The molecule has 2 nitrogen and oxygen atoms in total. The summed E-state index contributed by atoms with van der Waals surface area (Å²) >= 11 is 0. The lowest BCUT2D eigenvalue weighted by atomic mass is 9.67. The first kappa shape index (κ1) is 39.2. The van der Waals surface area contributed by atoms with E-state index in [-0.39, 0.29) is 0 Å². The van der Waals surface area contributed by atoms with Gasteiger partial charge in [0, 0.05) is 38.5 Å². The van der Waals surface area contributed by atoms with E-state index in [1.807, 2.05) is 0 Å². The standard InChI is InChI=1S/C67H44N2/c1-5-19-45(20-6-1)47-23-17-29-53(41-47)68-62-34-16-14-32-56(62)59-43-49(35-39-63(59)68)50-36-40-64-60(44-50)58-38-37-57-55-31-13-15-33-61(55)67(51-25-9-3-10-26-51,52-27-11-4-12-28-52)65(57)66(58)69(64)54-30-18-24-48(42-54)46-21-7-2-8-22-46/h1-44H. The van der Waals surface area contributed by atoms with Crippen molar-refractivity contribution in [3.63, 3.8) is 0 Å². The molecular formula is C67H44N2. The Balaban J connectivity index is 1.03. The number of para-hydroxylation sites is 1. The van der Waals surface area contributed by atoms with Crippen molar-refractivity contribution in [1.82, 2.24) is 9.13 Å². The molecule has 2 aromatic heterocycles. The SMILES string of the molecule is c1ccc(-c2cccc(-n3c4ccccc4c4cc(-c5ccc6c(c5)c5ccc7c(c5n6-c5cccc(-c6ccccc6)c5)C(c5ccccc5)(c5ccccc5)c5ccccc5-7)ccc43)c2)cc1. The predicted octanol–water partition coefficient (Wildman–Crippen LogP) is 17.2. The second-order valence-corrected chi connectivity index (χ2v) is 18.4. The molecule has 0 radical (unpaired) electrons. The molecule has 0 atom stereocenters. The number of hydrogen-bond acceptors (Lipinski definition) is 0. The highest BCUT2D eigenvalue weighted by molar-refractivity contribution is 6.15. The molecule has 13 aromatic rings. The smallest absolute Gasteiger partial charge is 0.0734 e. The fraction of sp³-hybridized carbons (Fsp3) is 0.0149. The highest BCUT2D eigenvalue weighted by atomic mass is 15.0. The minimum Gasteiger partial charge on any atom is -0.309 e. The molecule has 0 aliphatic heterocycles. The Labute approximate surface area is 401 Å². The first-order valence-corrected chi connectivity index (χ1v) is 23.9. The van der Waals surface area contributed by atoms with Crippen molar-refractivity contribution in [3.8, 4) is 55.9 Å². The van der Waals surface area contributed by atoms with Gasteiger partial charge in [0.05, 0.1) is 27.5 Å². The molecule has 14 rings (SSSR count). The minimum atomic E-state index is -0.584. The van der Waals surface area contributed by atoms with Crippen LogP contribution >= 0.6 is 0 Å². The Morgan fingerprint density at radius 1 is 0.261 bits per heavy atom. The number of aromatic nitrogens is 2. The van der Waals surface area contributed by atoms with E-state index in [9.17, 15) is 0 Å². The van der Waals surface area contributed by atoms with E-state index in [1.54, 1.807) is 0 Å². The zero-order chi connectivity index (χ0) is 45.5. The molecule has 0 N–H and O–H groups in total. The van der Waals surface area contributed by atoms with E-state index >= 15 is 0 Å². The van der Waals surface area contributed by atoms with Gasteiger partial charge in [-0.25, -0.2) is 0 Å². The summed E-state index contributed by atoms with van der Waals surface area (Å²) in [5, 5.41) is 4.93. The van der Waals surface area contributed by atoms with Crippen molar-refractivity contribution in [2.45, 2.75) is 5.41 Å². The topological polar surface area (TPSA) is 9.86 Å². The zero-order valence-corrected chi connectivity index (χ0v) is 37.8. The van der Waals surface area contributed by atoms with Gasteiger partial charge in [0.25, 0.3) is 0 Å². The Morgan fingerprint density at radius 3 is 1.35 bits per heavy atom. The van der Waals surface area contributed by atoms with Crippen LogP contribution < -0.4 is 0 Å². The summed E-state index contributed by atoms with van der Waals surface area (Å²) in [4.78, 5) is 0. The average molecular weight is 877 g/mol. The van der Waals surface area contributed by atoms with Crippen LogP contribution in [0.2, 0.25) is 0 Å². The molecule has 2 heteroatoms. The highest BCUT2D eigenvalue weighted by Crippen LogP contribution is 2.59. The van der Waals surface area contributed by atoms with Crippen LogP contribution in [-0.4, -0.2) is 9.13 Å². The first-order chi connectivity index (χ1) is 34.2. The average Bonchev–Trinajstić information content (AvgIpc) is 4.06. The van der Waals surface area contributed by atoms with Crippen LogP contribution in [0, 0.1) is 0 Å². The third-order valence-electron chi connectivity index (χ3n) is 14.8. The summed E-state index contributed by atoms with van der Waals surface area (Å²) in [6, 6.07) is 98.7. The third-order valence-corrected chi connectivity index (χ3v) is 14.8. The third kappa shape index (κ3) is 5.92. The summed E-state index contributed by atoms with van der Waals surface area (Å²) in [5.74, 6) is 0. The molecule has 1 aliphatic rings. The predicted molar refractivity (Wildman–Crippen MR) is 289 cm³/mol. The number of rotatable bonds is 7. The van der Waals surface area contributed by atoms with Crippen molar-refractivity contribution in [1.29, 1.82) is 0 Å². The summed E-state index contributed by atoms with van der Waals surface area (Å²) in [7, 11) is 0. The maximum Gasteiger partial charge on any atom is 0.0734 e. The van der Waals surface area contributed by atoms with Gasteiger partial charge < -0.3 is 9.13 Å². The van der Waals surface area contributed by atoms with Crippen LogP contribution in [0.25, 0.3) is 99.5 Å². The monoisotopic (exact) mass is 876 g/mol. The molecule has 0 fully saturated rings. The quantitative estimate of drug-likeness (QED) is 0.151. The van der Waals surface area contributed by atoms with Gasteiger partial charge in [-0.2, -0.15) is 0 Å². The van der Waals surface area contributed by atoms with E-state index in [1.165, 1.54) is 110 Å². The fourth-order valence-corrected chi connectivity index (χ4v) is 11.8. The van der Waals surface area contributed by atoms with Crippen molar-refractivity contribution in [2.75, 3.05) is 0 Å². The zero-order valence-electron chi connectivity index (χ0n) is 37.8. The van der Waals surface area contributed by atoms with Crippen molar-refractivity contribution in [2.24, 2.45) is 0 Å². The highest BCUT2D eigenvalue weighted by Gasteiger charge is 2.48. The van der Waals surface area contributed by atoms with Gasteiger partial charge in [-0.05, 0) is 116 Å². The number of benzene rings is 11. The first-order valence-electron chi connectivity index (χ1n) is 23.9. The van der Waals surface area contributed by atoms with E-state index in [0.717, 1.165) is 11.4 Å². The van der Waals surface area contributed by atoms with Crippen molar-refractivity contribution >= 4 is 43.6 Å². The number of hydrogen-bond donors (Lipinski definition) is 0. The Kier molecular flexibility index (Phi) is 8.84. The second kappa shape index (κ2) is 15.6. The molecule has 1 aliphatic carbocycles. The van der Waals surface area contributed by atoms with E-state index < -0.39 is 5.41 Å². The van der Waals surface area contributed by atoms with Crippen LogP contribution in [0.4, 0.5) is 0 Å². The molecule has 11 aromatic carbocycles. The summed E-state index contributed by atoms with van der Waals surface area (Å²) in [5.41, 5.74) is 21.3. The van der Waals surface area contributed by atoms with E-state index in [2.05, 4.69) is 276 Å². The van der Waals surface area contributed by atoms with Gasteiger partial charge in [0.1, 0.15) is 0 Å². The summed E-state index contributed by atoms with van der Waals surface area (Å²) in [6.07, 6.45) is 0. The van der Waals surface area contributed by atoms with E-state index in [4.69, 9.17) is 0 Å². The Morgan fingerprint density at radius 2 is 0.725 bits per heavy atom. The lowest BCUT2D eigenvalue weighted by Gasteiger charge is -2.34. The minimum absolute atomic E-state index is 0.584. The lowest BCUT2D eigenvalue weighted by Crippen LogP contribution is -2.29. The van der Waals surface area contributed by atoms with Crippen molar-refractivity contribution in [3.05, 3.63) is 289 Å². The van der Waals surface area contributed by atoms with Gasteiger partial charge in [-0.15, -0.1) is 0 Å². The molecule has 0 amide bonds. The van der Waals surface area contributed by atoms with Crippen LogP contribution in [-0.2, 0) is 5.41 Å². The maximum absolute atomic E-state index is 2.56. The number of fused-ring (bicyclic) bond motifs is 10. The molecule has 0 spiro atoms. The molecule has 2 heterocycles. The van der Waals surface area contributed by atoms with Gasteiger partial charge in [0.2, 0.25) is 0 Å². The summed E-state index contributed by atoms with van der Waals surface area (Å²) < 4.78 is 4.98. The largest absolute Gasteiger partial charge is 0.309 e. The maximum atomic E-state index is 2.56. The normalized spacial score (nSPS) is 12.8. The Hall–Kier alpha value is -8.98. The van der Waals surface area contributed by atoms with E-state index in [0.29, 0.717) is 0 Å². The molecule has 0 saturated heterocycles. The van der Waals surface area contributed by atoms with Gasteiger partial charge in [0.15, 0.2) is 0 Å². The molecular weight excluding hydrogens is 833 g/mol. The van der Waals surface area contributed by atoms with Gasteiger partial charge in [-0.1, -0.05) is 212 Å². The fourth-order valence-electron chi connectivity index (χ4n) is 11.8.